The number of carbonyl (C=O) groups excluding carboxylic acids is 1. The number of furan rings is 1. The second-order valence-corrected chi connectivity index (χ2v) is 7.64. The van der Waals surface area contributed by atoms with Gasteiger partial charge in [-0.05, 0) is 36.6 Å². The van der Waals surface area contributed by atoms with E-state index in [4.69, 9.17) is 4.42 Å². The van der Waals surface area contributed by atoms with E-state index in [1.54, 1.807) is 23.0 Å². The van der Waals surface area contributed by atoms with E-state index in [9.17, 15) is 9.59 Å². The molecule has 1 N–H and O–H groups in total. The normalized spacial score (nSPS) is 11.2. The van der Waals surface area contributed by atoms with Crippen LogP contribution in [0.25, 0.3) is 10.9 Å². The van der Waals surface area contributed by atoms with E-state index in [0.717, 1.165) is 6.42 Å². The summed E-state index contributed by atoms with van der Waals surface area (Å²) in [7, 11) is 0. The molecule has 0 atom stereocenters. The minimum absolute atomic E-state index is 0.0558. The van der Waals surface area contributed by atoms with Gasteiger partial charge < -0.3 is 9.73 Å². The number of amides is 1. The van der Waals surface area contributed by atoms with Gasteiger partial charge in [-0.1, -0.05) is 37.7 Å². The molecule has 142 valence electrons. The number of carbonyl (C=O) groups is 1. The lowest BCUT2D eigenvalue weighted by molar-refractivity contribution is -0.118. The van der Waals surface area contributed by atoms with Crippen molar-refractivity contribution in [2.75, 3.05) is 5.75 Å². The van der Waals surface area contributed by atoms with Gasteiger partial charge in [0.1, 0.15) is 5.76 Å². The van der Waals surface area contributed by atoms with Gasteiger partial charge in [0.05, 0.1) is 29.5 Å². The minimum atomic E-state index is -0.130. The fraction of sp³-hybridized carbons (Fsp3) is 0.350. The van der Waals surface area contributed by atoms with Gasteiger partial charge in [0.15, 0.2) is 5.16 Å². The maximum absolute atomic E-state index is 12.9. The largest absolute Gasteiger partial charge is 0.467 e. The van der Waals surface area contributed by atoms with E-state index in [-0.39, 0.29) is 17.2 Å². The Hall–Kier alpha value is -2.54. The number of hydrogen-bond donors (Lipinski definition) is 1. The lowest BCUT2D eigenvalue weighted by Crippen LogP contribution is -2.27. The zero-order valence-electron chi connectivity index (χ0n) is 15.5. The van der Waals surface area contributed by atoms with E-state index in [0.29, 0.717) is 40.8 Å². The standard InChI is InChI=1S/C20H23N3O3S/c1-14(2)9-10-23-19(25)16-7-3-4-8-17(16)22-20(23)27-13-18(24)21-12-15-6-5-11-26-15/h3-8,11,14H,9-10,12-13H2,1-2H3,(H,21,24). The number of hydrogen-bond acceptors (Lipinski definition) is 5. The van der Waals surface area contributed by atoms with Crippen molar-refractivity contribution in [2.24, 2.45) is 5.92 Å². The van der Waals surface area contributed by atoms with Crippen molar-refractivity contribution in [3.8, 4) is 0 Å². The molecule has 6 nitrogen and oxygen atoms in total. The fourth-order valence-electron chi connectivity index (χ4n) is 2.62. The number of rotatable bonds is 8. The molecule has 1 amide bonds. The van der Waals surface area contributed by atoms with E-state index in [1.165, 1.54) is 11.8 Å². The van der Waals surface area contributed by atoms with Crippen LogP contribution in [0.2, 0.25) is 0 Å². The summed E-state index contributed by atoms with van der Waals surface area (Å²) in [6.45, 7) is 5.17. The number of para-hydroxylation sites is 1. The number of nitrogens with zero attached hydrogens (tertiary/aromatic N) is 2. The molecule has 0 radical (unpaired) electrons. The van der Waals surface area contributed by atoms with E-state index >= 15 is 0 Å². The molecule has 0 unspecified atom stereocenters. The molecule has 3 rings (SSSR count). The molecule has 3 aromatic rings. The number of benzene rings is 1. The van der Waals surface area contributed by atoms with Crippen LogP contribution in [0.15, 0.2) is 57.0 Å². The topological polar surface area (TPSA) is 77.1 Å². The highest BCUT2D eigenvalue weighted by Gasteiger charge is 2.13. The maximum Gasteiger partial charge on any atom is 0.262 e. The second-order valence-electron chi connectivity index (χ2n) is 6.70. The zero-order valence-corrected chi connectivity index (χ0v) is 16.3. The highest BCUT2D eigenvalue weighted by atomic mass is 32.2. The summed E-state index contributed by atoms with van der Waals surface area (Å²) in [5.41, 5.74) is 0.599. The van der Waals surface area contributed by atoms with Gasteiger partial charge >= 0.3 is 0 Å². The summed E-state index contributed by atoms with van der Waals surface area (Å²) in [6, 6.07) is 10.9. The summed E-state index contributed by atoms with van der Waals surface area (Å²) in [5, 5.41) is 3.99. The molecule has 2 heterocycles. The molecule has 0 fully saturated rings. The van der Waals surface area contributed by atoms with Crippen LogP contribution in [0.1, 0.15) is 26.0 Å². The number of nitrogens with one attached hydrogen (secondary N) is 1. The molecule has 0 spiro atoms. The summed E-state index contributed by atoms with van der Waals surface area (Å²) in [5.74, 6) is 1.23. The predicted molar refractivity (Wildman–Crippen MR) is 107 cm³/mol. The minimum Gasteiger partial charge on any atom is -0.467 e. The van der Waals surface area contributed by atoms with Gasteiger partial charge in [0.2, 0.25) is 5.91 Å². The van der Waals surface area contributed by atoms with Crippen LogP contribution < -0.4 is 10.9 Å². The SMILES string of the molecule is CC(C)CCn1c(SCC(=O)NCc2ccco2)nc2ccccc2c1=O. The van der Waals surface area contributed by atoms with E-state index in [1.807, 2.05) is 24.3 Å². The molecule has 0 bridgehead atoms. The summed E-state index contributed by atoms with van der Waals surface area (Å²) in [4.78, 5) is 29.7. The monoisotopic (exact) mass is 385 g/mol. The lowest BCUT2D eigenvalue weighted by Gasteiger charge is -2.14. The quantitative estimate of drug-likeness (QED) is 0.475. The zero-order chi connectivity index (χ0) is 19.2. The predicted octanol–water partition coefficient (Wildman–Crippen LogP) is 3.44. The van der Waals surface area contributed by atoms with Gasteiger partial charge in [0.25, 0.3) is 5.56 Å². The molecule has 0 aliphatic rings. The molecular weight excluding hydrogens is 362 g/mol. The van der Waals surface area contributed by atoms with Crippen molar-refractivity contribution >= 4 is 28.6 Å². The van der Waals surface area contributed by atoms with Crippen molar-refractivity contribution in [2.45, 2.75) is 38.5 Å². The second kappa shape index (κ2) is 8.90. The van der Waals surface area contributed by atoms with Crippen molar-refractivity contribution in [1.82, 2.24) is 14.9 Å². The highest BCUT2D eigenvalue weighted by molar-refractivity contribution is 7.99. The smallest absolute Gasteiger partial charge is 0.262 e. The Morgan fingerprint density at radius 1 is 1.26 bits per heavy atom. The first-order chi connectivity index (χ1) is 13.0. The third-order valence-electron chi connectivity index (χ3n) is 4.13. The Kier molecular flexibility index (Phi) is 6.34. The Bertz CT molecular complexity index is 964. The molecule has 0 aliphatic heterocycles. The summed E-state index contributed by atoms with van der Waals surface area (Å²) < 4.78 is 6.89. The van der Waals surface area contributed by atoms with Crippen molar-refractivity contribution < 1.29 is 9.21 Å². The first-order valence-electron chi connectivity index (χ1n) is 8.96. The van der Waals surface area contributed by atoms with Crippen LogP contribution in [-0.2, 0) is 17.9 Å². The third kappa shape index (κ3) is 5.01. The summed E-state index contributed by atoms with van der Waals surface area (Å²) >= 11 is 1.28. The number of thioether (sulfide) groups is 1. The molecule has 1 aromatic carbocycles. The fourth-order valence-corrected chi connectivity index (χ4v) is 3.48. The molecule has 7 heteroatoms. The molecule has 0 aliphatic carbocycles. The lowest BCUT2D eigenvalue weighted by atomic mass is 10.1. The average Bonchev–Trinajstić information content (AvgIpc) is 3.17. The Morgan fingerprint density at radius 3 is 2.81 bits per heavy atom. The van der Waals surface area contributed by atoms with Crippen LogP contribution >= 0.6 is 11.8 Å². The summed E-state index contributed by atoms with van der Waals surface area (Å²) in [6.07, 6.45) is 2.45. The molecule has 2 aromatic heterocycles. The van der Waals surface area contributed by atoms with Gasteiger partial charge in [-0.2, -0.15) is 0 Å². The number of fused-ring (bicyclic) bond motifs is 1. The van der Waals surface area contributed by atoms with E-state index < -0.39 is 0 Å². The van der Waals surface area contributed by atoms with Crippen LogP contribution in [0, 0.1) is 5.92 Å². The average molecular weight is 385 g/mol. The van der Waals surface area contributed by atoms with Crippen molar-refractivity contribution in [1.29, 1.82) is 0 Å². The highest BCUT2D eigenvalue weighted by Crippen LogP contribution is 2.18. The Balaban J connectivity index is 1.76. The Morgan fingerprint density at radius 2 is 2.07 bits per heavy atom. The molecule has 0 saturated carbocycles. The van der Waals surface area contributed by atoms with Gasteiger partial charge in [-0.15, -0.1) is 0 Å². The van der Waals surface area contributed by atoms with Crippen LogP contribution in [0.4, 0.5) is 0 Å². The van der Waals surface area contributed by atoms with Gasteiger partial charge in [0, 0.05) is 6.54 Å². The maximum atomic E-state index is 12.9. The van der Waals surface area contributed by atoms with E-state index in [2.05, 4.69) is 24.1 Å². The van der Waals surface area contributed by atoms with Gasteiger partial charge in [-0.3, -0.25) is 14.2 Å². The van der Waals surface area contributed by atoms with Gasteiger partial charge in [-0.25, -0.2) is 4.98 Å². The first-order valence-corrected chi connectivity index (χ1v) is 9.94. The van der Waals surface area contributed by atoms with Crippen LogP contribution in [-0.4, -0.2) is 21.2 Å². The molecule has 0 saturated heterocycles. The Labute approximate surface area is 162 Å². The van der Waals surface area contributed by atoms with Crippen molar-refractivity contribution in [3.05, 3.63) is 58.8 Å². The van der Waals surface area contributed by atoms with Crippen molar-refractivity contribution in [3.63, 3.8) is 0 Å². The first kappa shape index (κ1) is 19.2. The molecular formula is C20H23N3O3S. The third-order valence-corrected chi connectivity index (χ3v) is 5.11. The molecule has 27 heavy (non-hydrogen) atoms. The van der Waals surface area contributed by atoms with Crippen LogP contribution in [0.3, 0.4) is 0 Å². The number of aromatic nitrogens is 2. The van der Waals surface area contributed by atoms with Crippen LogP contribution in [0.5, 0.6) is 0 Å².